The summed E-state index contributed by atoms with van der Waals surface area (Å²) in [5.41, 5.74) is 5.36. The molecule has 0 aromatic carbocycles. The predicted octanol–water partition coefficient (Wildman–Crippen LogP) is 1.67. The van der Waals surface area contributed by atoms with Crippen molar-refractivity contribution < 1.29 is 4.79 Å². The normalized spacial score (nSPS) is 10.6. The van der Waals surface area contributed by atoms with E-state index in [1.165, 1.54) is 0 Å². The van der Waals surface area contributed by atoms with Gasteiger partial charge >= 0.3 is 0 Å². The van der Waals surface area contributed by atoms with Crippen LogP contribution in [0.1, 0.15) is 46.0 Å². The summed E-state index contributed by atoms with van der Waals surface area (Å²) in [4.78, 5) is 11.2. The van der Waals surface area contributed by atoms with Gasteiger partial charge in [-0.1, -0.05) is 20.3 Å². The SMILES string of the molecule is CC(C)CCC(=O)NCCCCCN. The quantitative estimate of drug-likeness (QED) is 0.586. The van der Waals surface area contributed by atoms with E-state index in [1.807, 2.05) is 0 Å². The first-order valence-corrected chi connectivity index (χ1v) is 5.63. The van der Waals surface area contributed by atoms with Gasteiger partial charge in [-0.2, -0.15) is 0 Å². The fourth-order valence-electron chi connectivity index (χ4n) is 1.18. The first kappa shape index (κ1) is 13.4. The number of rotatable bonds is 8. The lowest BCUT2D eigenvalue weighted by molar-refractivity contribution is -0.121. The average Bonchev–Trinajstić information content (AvgIpc) is 2.14. The van der Waals surface area contributed by atoms with Crippen LogP contribution in [0.4, 0.5) is 0 Å². The highest BCUT2D eigenvalue weighted by Gasteiger charge is 2.01. The number of unbranched alkanes of at least 4 members (excludes halogenated alkanes) is 2. The minimum Gasteiger partial charge on any atom is -0.356 e. The van der Waals surface area contributed by atoms with Crippen LogP contribution >= 0.6 is 0 Å². The van der Waals surface area contributed by atoms with Gasteiger partial charge in [0.1, 0.15) is 0 Å². The van der Waals surface area contributed by atoms with Crippen molar-refractivity contribution in [3.8, 4) is 0 Å². The molecule has 0 aromatic heterocycles. The maximum atomic E-state index is 11.2. The molecule has 0 saturated heterocycles. The second-order valence-corrected chi connectivity index (χ2v) is 4.13. The highest BCUT2D eigenvalue weighted by atomic mass is 16.1. The molecule has 0 aliphatic heterocycles. The molecule has 0 unspecified atom stereocenters. The van der Waals surface area contributed by atoms with Gasteiger partial charge in [0.15, 0.2) is 0 Å². The summed E-state index contributed by atoms with van der Waals surface area (Å²) >= 11 is 0. The molecular weight excluding hydrogens is 176 g/mol. The lowest BCUT2D eigenvalue weighted by atomic mass is 10.1. The second-order valence-electron chi connectivity index (χ2n) is 4.13. The Morgan fingerprint density at radius 1 is 1.29 bits per heavy atom. The second kappa shape index (κ2) is 9.00. The van der Waals surface area contributed by atoms with Gasteiger partial charge in [-0.05, 0) is 31.7 Å². The molecule has 84 valence electrons. The molecule has 3 heteroatoms. The third-order valence-electron chi connectivity index (χ3n) is 2.15. The monoisotopic (exact) mass is 200 g/mol. The van der Waals surface area contributed by atoms with Crippen LogP contribution < -0.4 is 11.1 Å². The molecule has 3 N–H and O–H groups in total. The lowest BCUT2D eigenvalue weighted by Gasteiger charge is -2.06. The summed E-state index contributed by atoms with van der Waals surface area (Å²) in [6, 6.07) is 0. The van der Waals surface area contributed by atoms with E-state index in [4.69, 9.17) is 5.73 Å². The Bertz CT molecular complexity index is 146. The van der Waals surface area contributed by atoms with Gasteiger partial charge in [0, 0.05) is 13.0 Å². The van der Waals surface area contributed by atoms with Gasteiger partial charge in [0.05, 0.1) is 0 Å². The lowest BCUT2D eigenvalue weighted by Crippen LogP contribution is -2.24. The fraction of sp³-hybridized carbons (Fsp3) is 0.909. The summed E-state index contributed by atoms with van der Waals surface area (Å²) in [5, 5.41) is 2.92. The summed E-state index contributed by atoms with van der Waals surface area (Å²) in [6.45, 7) is 5.82. The Balaban J connectivity index is 3.18. The summed E-state index contributed by atoms with van der Waals surface area (Å²) in [6.07, 6.45) is 4.86. The highest BCUT2D eigenvalue weighted by Crippen LogP contribution is 2.02. The Morgan fingerprint density at radius 2 is 2.00 bits per heavy atom. The Hall–Kier alpha value is -0.570. The maximum absolute atomic E-state index is 11.2. The van der Waals surface area contributed by atoms with E-state index >= 15 is 0 Å². The van der Waals surface area contributed by atoms with Crippen molar-refractivity contribution in [1.29, 1.82) is 0 Å². The number of nitrogens with one attached hydrogen (secondary N) is 1. The molecule has 0 aliphatic rings. The molecule has 0 atom stereocenters. The first-order valence-electron chi connectivity index (χ1n) is 5.63. The number of hydrogen-bond donors (Lipinski definition) is 2. The van der Waals surface area contributed by atoms with Crippen LogP contribution in [-0.2, 0) is 4.79 Å². The van der Waals surface area contributed by atoms with Crippen molar-refractivity contribution in [1.82, 2.24) is 5.32 Å². The summed E-state index contributed by atoms with van der Waals surface area (Å²) in [7, 11) is 0. The number of nitrogens with two attached hydrogens (primary N) is 1. The van der Waals surface area contributed by atoms with Gasteiger partial charge in [0.2, 0.25) is 5.91 Å². The molecule has 0 saturated carbocycles. The largest absolute Gasteiger partial charge is 0.356 e. The van der Waals surface area contributed by atoms with Gasteiger partial charge < -0.3 is 11.1 Å². The van der Waals surface area contributed by atoms with Gasteiger partial charge in [-0.25, -0.2) is 0 Å². The molecule has 3 nitrogen and oxygen atoms in total. The van der Waals surface area contributed by atoms with E-state index in [0.29, 0.717) is 12.3 Å². The number of carbonyl (C=O) groups is 1. The number of hydrogen-bond acceptors (Lipinski definition) is 2. The smallest absolute Gasteiger partial charge is 0.220 e. The molecule has 1 amide bonds. The van der Waals surface area contributed by atoms with Gasteiger partial charge in [-0.15, -0.1) is 0 Å². The van der Waals surface area contributed by atoms with Crippen LogP contribution in [0.5, 0.6) is 0 Å². The van der Waals surface area contributed by atoms with Crippen LogP contribution in [0.2, 0.25) is 0 Å². The minimum atomic E-state index is 0.187. The zero-order valence-corrected chi connectivity index (χ0v) is 9.51. The van der Waals surface area contributed by atoms with Crippen molar-refractivity contribution in [2.45, 2.75) is 46.0 Å². The molecule has 0 aromatic rings. The van der Waals surface area contributed by atoms with E-state index in [0.717, 1.165) is 38.8 Å². The van der Waals surface area contributed by atoms with E-state index in [1.54, 1.807) is 0 Å². The van der Waals surface area contributed by atoms with Crippen LogP contribution in [0, 0.1) is 5.92 Å². The standard InChI is InChI=1S/C11H24N2O/c1-10(2)6-7-11(14)13-9-5-3-4-8-12/h10H,3-9,12H2,1-2H3,(H,13,14). The van der Waals surface area contributed by atoms with Crippen molar-refractivity contribution in [3.63, 3.8) is 0 Å². The Labute approximate surface area is 87.4 Å². The average molecular weight is 200 g/mol. The zero-order valence-electron chi connectivity index (χ0n) is 9.51. The van der Waals surface area contributed by atoms with Crippen LogP contribution in [0.25, 0.3) is 0 Å². The highest BCUT2D eigenvalue weighted by molar-refractivity contribution is 5.75. The van der Waals surface area contributed by atoms with E-state index in [9.17, 15) is 4.79 Å². The summed E-state index contributed by atoms with van der Waals surface area (Å²) in [5.74, 6) is 0.796. The fourth-order valence-corrected chi connectivity index (χ4v) is 1.18. The van der Waals surface area contributed by atoms with Crippen LogP contribution in [0.15, 0.2) is 0 Å². The van der Waals surface area contributed by atoms with E-state index in [-0.39, 0.29) is 5.91 Å². The minimum absolute atomic E-state index is 0.187. The molecule has 0 radical (unpaired) electrons. The van der Waals surface area contributed by atoms with Crippen molar-refractivity contribution >= 4 is 5.91 Å². The molecule has 0 fully saturated rings. The van der Waals surface area contributed by atoms with E-state index < -0.39 is 0 Å². The van der Waals surface area contributed by atoms with Gasteiger partial charge in [-0.3, -0.25) is 4.79 Å². The molecule has 14 heavy (non-hydrogen) atoms. The number of amides is 1. The molecule has 0 bridgehead atoms. The maximum Gasteiger partial charge on any atom is 0.220 e. The summed E-state index contributed by atoms with van der Waals surface area (Å²) < 4.78 is 0. The van der Waals surface area contributed by atoms with E-state index in [2.05, 4.69) is 19.2 Å². The third kappa shape index (κ3) is 9.52. The topological polar surface area (TPSA) is 55.1 Å². The zero-order chi connectivity index (χ0) is 10.8. The van der Waals surface area contributed by atoms with Gasteiger partial charge in [0.25, 0.3) is 0 Å². The Morgan fingerprint density at radius 3 is 2.57 bits per heavy atom. The van der Waals surface area contributed by atoms with Crippen molar-refractivity contribution in [3.05, 3.63) is 0 Å². The molecule has 0 spiro atoms. The van der Waals surface area contributed by atoms with Crippen molar-refractivity contribution in [2.24, 2.45) is 11.7 Å². The van der Waals surface area contributed by atoms with Crippen molar-refractivity contribution in [2.75, 3.05) is 13.1 Å². The van der Waals surface area contributed by atoms with Crippen LogP contribution in [-0.4, -0.2) is 19.0 Å². The molecule has 0 aliphatic carbocycles. The third-order valence-corrected chi connectivity index (χ3v) is 2.15. The van der Waals surface area contributed by atoms with Crippen LogP contribution in [0.3, 0.4) is 0 Å². The Kier molecular flexibility index (Phi) is 8.64. The molecular formula is C11H24N2O. The molecule has 0 heterocycles. The first-order chi connectivity index (χ1) is 6.66. The predicted molar refractivity (Wildman–Crippen MR) is 60.0 cm³/mol. The number of carbonyl (C=O) groups excluding carboxylic acids is 1. The molecule has 0 rings (SSSR count).